The number of nitrogens with zero attached hydrogens (tertiary/aromatic N) is 3. The van der Waals surface area contributed by atoms with Gasteiger partial charge >= 0.3 is 0 Å². The molecule has 132 valence electrons. The minimum Gasteiger partial charge on any atom is -0.508 e. The van der Waals surface area contributed by atoms with Crippen molar-refractivity contribution in [2.24, 2.45) is 0 Å². The first-order chi connectivity index (χ1) is 12.2. The van der Waals surface area contributed by atoms with Crippen LogP contribution in [0.15, 0.2) is 30.5 Å². The highest BCUT2D eigenvalue weighted by atomic mass is 19.1. The molecule has 3 aromatic rings. The molecule has 0 amide bonds. The van der Waals surface area contributed by atoms with Crippen molar-refractivity contribution >= 4 is 21.8 Å². The third kappa shape index (κ3) is 2.96. The second-order valence-electron chi connectivity index (χ2n) is 6.66. The quantitative estimate of drug-likeness (QED) is 0.790. The molecule has 5 nitrogen and oxygen atoms in total. The van der Waals surface area contributed by atoms with E-state index < -0.39 is 6.67 Å². The SMILES string of the molecule is CC(CN1CCOCC1)n1c2cnc(CF)cc2c2ccc(O)cc21. The number of benzene rings is 1. The average molecular weight is 343 g/mol. The molecule has 4 rings (SSSR count). The van der Waals surface area contributed by atoms with E-state index >= 15 is 0 Å². The summed E-state index contributed by atoms with van der Waals surface area (Å²) in [5, 5.41) is 12.0. The van der Waals surface area contributed by atoms with Crippen LogP contribution < -0.4 is 0 Å². The van der Waals surface area contributed by atoms with Crippen LogP contribution in [0.5, 0.6) is 5.75 Å². The molecule has 25 heavy (non-hydrogen) atoms. The Morgan fingerprint density at radius 2 is 2.00 bits per heavy atom. The van der Waals surface area contributed by atoms with Gasteiger partial charge in [-0.3, -0.25) is 9.88 Å². The topological polar surface area (TPSA) is 50.5 Å². The van der Waals surface area contributed by atoms with Gasteiger partial charge in [-0.05, 0) is 25.1 Å². The molecule has 1 aliphatic heterocycles. The van der Waals surface area contributed by atoms with Crippen LogP contribution in [-0.2, 0) is 11.4 Å². The lowest BCUT2D eigenvalue weighted by molar-refractivity contribution is 0.0330. The summed E-state index contributed by atoms with van der Waals surface area (Å²) in [5.74, 6) is 0.230. The van der Waals surface area contributed by atoms with Gasteiger partial charge in [-0.2, -0.15) is 0 Å². The molecule has 1 N–H and O–H groups in total. The summed E-state index contributed by atoms with van der Waals surface area (Å²) in [6.45, 7) is 5.87. The maximum absolute atomic E-state index is 13.1. The fraction of sp³-hybridized carbons (Fsp3) is 0.421. The van der Waals surface area contributed by atoms with Gasteiger partial charge in [0.1, 0.15) is 12.4 Å². The van der Waals surface area contributed by atoms with E-state index in [9.17, 15) is 9.50 Å². The Balaban J connectivity index is 1.83. The fourth-order valence-corrected chi connectivity index (χ4v) is 3.76. The zero-order valence-corrected chi connectivity index (χ0v) is 14.3. The summed E-state index contributed by atoms with van der Waals surface area (Å²) in [4.78, 5) is 6.63. The molecule has 1 unspecified atom stereocenters. The number of hydrogen-bond acceptors (Lipinski definition) is 4. The van der Waals surface area contributed by atoms with E-state index in [1.807, 2.05) is 12.1 Å². The Hall–Kier alpha value is -2.18. The Labute approximate surface area is 145 Å². The number of aromatic hydroxyl groups is 1. The van der Waals surface area contributed by atoms with Crippen molar-refractivity contribution in [1.29, 1.82) is 0 Å². The summed E-state index contributed by atoms with van der Waals surface area (Å²) in [7, 11) is 0. The predicted molar refractivity (Wildman–Crippen MR) is 95.7 cm³/mol. The van der Waals surface area contributed by atoms with E-state index in [4.69, 9.17) is 4.74 Å². The van der Waals surface area contributed by atoms with Gasteiger partial charge in [0.05, 0.1) is 36.1 Å². The molecule has 0 saturated carbocycles. The van der Waals surface area contributed by atoms with Gasteiger partial charge in [0, 0.05) is 42.5 Å². The van der Waals surface area contributed by atoms with Crippen LogP contribution in [0.25, 0.3) is 21.8 Å². The molecule has 1 atom stereocenters. The maximum atomic E-state index is 13.1. The first-order valence-corrected chi connectivity index (χ1v) is 8.65. The molecule has 1 aliphatic rings. The first kappa shape index (κ1) is 16.3. The first-order valence-electron chi connectivity index (χ1n) is 8.65. The van der Waals surface area contributed by atoms with Crippen LogP contribution in [0.1, 0.15) is 18.7 Å². The smallest absolute Gasteiger partial charge is 0.131 e. The Morgan fingerprint density at radius 3 is 2.76 bits per heavy atom. The van der Waals surface area contributed by atoms with Crippen molar-refractivity contribution in [2.45, 2.75) is 19.6 Å². The van der Waals surface area contributed by atoms with Gasteiger partial charge in [0.15, 0.2) is 0 Å². The highest BCUT2D eigenvalue weighted by molar-refractivity contribution is 6.08. The van der Waals surface area contributed by atoms with Crippen LogP contribution in [0.4, 0.5) is 4.39 Å². The van der Waals surface area contributed by atoms with Crippen LogP contribution in [0, 0.1) is 0 Å². The van der Waals surface area contributed by atoms with Gasteiger partial charge in [-0.15, -0.1) is 0 Å². The standard InChI is InChI=1S/C19H22FN3O2/c1-13(12-22-4-6-25-7-5-22)23-18-9-15(24)2-3-16(18)17-8-14(10-20)21-11-19(17)23/h2-3,8-9,11,13,24H,4-7,10,12H2,1H3. The van der Waals surface area contributed by atoms with E-state index in [0.29, 0.717) is 5.69 Å². The molecule has 2 aromatic heterocycles. The lowest BCUT2D eigenvalue weighted by Crippen LogP contribution is -2.39. The van der Waals surface area contributed by atoms with Crippen molar-refractivity contribution in [3.8, 4) is 5.75 Å². The highest BCUT2D eigenvalue weighted by Crippen LogP contribution is 2.34. The number of aromatic nitrogens is 2. The minimum atomic E-state index is -0.579. The van der Waals surface area contributed by atoms with Gasteiger partial charge in [-0.1, -0.05) is 0 Å². The summed E-state index contributed by atoms with van der Waals surface area (Å²) in [5.41, 5.74) is 2.35. The third-order valence-electron chi connectivity index (χ3n) is 4.93. The molecular weight excluding hydrogens is 321 g/mol. The molecule has 0 bridgehead atoms. The summed E-state index contributed by atoms with van der Waals surface area (Å²) >= 11 is 0. The zero-order chi connectivity index (χ0) is 17.4. The van der Waals surface area contributed by atoms with Gasteiger partial charge in [0.2, 0.25) is 0 Å². The van der Waals surface area contributed by atoms with Gasteiger partial charge in [0.25, 0.3) is 0 Å². The van der Waals surface area contributed by atoms with E-state index in [1.165, 1.54) is 0 Å². The molecule has 1 saturated heterocycles. The van der Waals surface area contributed by atoms with Crippen molar-refractivity contribution < 1.29 is 14.2 Å². The molecule has 0 radical (unpaired) electrons. The van der Waals surface area contributed by atoms with E-state index in [0.717, 1.165) is 54.7 Å². The zero-order valence-electron chi connectivity index (χ0n) is 14.3. The van der Waals surface area contributed by atoms with Gasteiger partial charge in [-0.25, -0.2) is 4.39 Å². The monoisotopic (exact) mass is 343 g/mol. The molecule has 0 aliphatic carbocycles. The average Bonchev–Trinajstić information content (AvgIpc) is 2.95. The largest absolute Gasteiger partial charge is 0.508 e. The second-order valence-corrected chi connectivity index (χ2v) is 6.66. The number of phenolic OH excluding ortho intramolecular Hbond substituents is 1. The number of fused-ring (bicyclic) bond motifs is 3. The molecule has 0 spiro atoms. The summed E-state index contributed by atoms with van der Waals surface area (Å²) < 4.78 is 20.7. The van der Waals surface area contributed by atoms with E-state index in [-0.39, 0.29) is 11.8 Å². The van der Waals surface area contributed by atoms with Crippen molar-refractivity contribution in [3.63, 3.8) is 0 Å². The minimum absolute atomic E-state index is 0.193. The lowest BCUT2D eigenvalue weighted by Gasteiger charge is -2.30. The normalized spacial score (nSPS) is 17.4. The number of alkyl halides is 1. The second kappa shape index (κ2) is 6.61. The lowest BCUT2D eigenvalue weighted by atomic mass is 10.1. The van der Waals surface area contributed by atoms with Crippen molar-refractivity contribution in [1.82, 2.24) is 14.5 Å². The number of morpholine rings is 1. The number of rotatable bonds is 4. The molecule has 3 heterocycles. The maximum Gasteiger partial charge on any atom is 0.131 e. The highest BCUT2D eigenvalue weighted by Gasteiger charge is 2.20. The molecule has 1 aromatic carbocycles. The molecular formula is C19H22FN3O2. The van der Waals surface area contributed by atoms with Gasteiger partial charge < -0.3 is 14.4 Å². The van der Waals surface area contributed by atoms with Crippen LogP contribution in [0.3, 0.4) is 0 Å². The van der Waals surface area contributed by atoms with E-state index in [1.54, 1.807) is 18.3 Å². The summed E-state index contributed by atoms with van der Waals surface area (Å²) in [6, 6.07) is 7.35. The molecule has 6 heteroatoms. The molecule has 1 fully saturated rings. The summed E-state index contributed by atoms with van der Waals surface area (Å²) in [6.07, 6.45) is 1.75. The Morgan fingerprint density at radius 1 is 1.20 bits per heavy atom. The Kier molecular flexibility index (Phi) is 4.31. The van der Waals surface area contributed by atoms with Crippen LogP contribution in [-0.4, -0.2) is 52.4 Å². The number of pyridine rings is 1. The number of hydrogen-bond donors (Lipinski definition) is 1. The van der Waals surface area contributed by atoms with E-state index in [2.05, 4.69) is 21.4 Å². The van der Waals surface area contributed by atoms with Crippen LogP contribution >= 0.6 is 0 Å². The fourth-order valence-electron chi connectivity index (χ4n) is 3.76. The number of halogens is 1. The third-order valence-corrected chi connectivity index (χ3v) is 4.93. The number of phenols is 1. The number of ether oxygens (including phenoxy) is 1. The predicted octanol–water partition coefficient (Wildman–Crippen LogP) is 3.26. The Bertz CT molecular complexity index is 902. The van der Waals surface area contributed by atoms with Crippen molar-refractivity contribution in [2.75, 3.05) is 32.8 Å². The van der Waals surface area contributed by atoms with Crippen LogP contribution in [0.2, 0.25) is 0 Å². The van der Waals surface area contributed by atoms with Crippen molar-refractivity contribution in [3.05, 3.63) is 36.2 Å².